The number of benzene rings is 2. The summed E-state index contributed by atoms with van der Waals surface area (Å²) in [6.07, 6.45) is 3.64. The lowest BCUT2D eigenvalue weighted by Gasteiger charge is -2.11. The molecular formula is C24H22ClN7O4. The number of aromatic carboxylic acids is 2. The van der Waals surface area contributed by atoms with Crippen LogP contribution in [-0.4, -0.2) is 51.2 Å². The Morgan fingerprint density at radius 1 is 0.722 bits per heavy atom. The molecule has 2 heterocycles. The Hall–Kier alpha value is -4.77. The lowest BCUT2D eigenvalue weighted by molar-refractivity contribution is -0.603. The van der Waals surface area contributed by atoms with Crippen molar-refractivity contribution in [1.82, 2.24) is 15.0 Å². The minimum absolute atomic E-state index is 0. The highest BCUT2D eigenvalue weighted by atomic mass is 35.5. The molecule has 12 heteroatoms. The van der Waals surface area contributed by atoms with Gasteiger partial charge in [-0.15, -0.1) is 4.98 Å². The second-order valence-electron chi connectivity index (χ2n) is 7.66. The number of pyridine rings is 1. The van der Waals surface area contributed by atoms with E-state index in [4.69, 9.17) is 10.2 Å². The molecule has 36 heavy (non-hydrogen) atoms. The first kappa shape index (κ1) is 25.8. The minimum atomic E-state index is -1.02. The first-order chi connectivity index (χ1) is 16.8. The Bertz CT molecular complexity index is 1290. The summed E-state index contributed by atoms with van der Waals surface area (Å²) >= 11 is 0. The number of hydrogen-bond acceptors (Lipinski definition) is 8. The number of carboxylic acids is 2. The van der Waals surface area contributed by atoms with Crippen LogP contribution in [0.5, 0.6) is 0 Å². The zero-order valence-corrected chi connectivity index (χ0v) is 20.0. The van der Waals surface area contributed by atoms with Gasteiger partial charge >= 0.3 is 29.8 Å². The van der Waals surface area contributed by atoms with Crippen LogP contribution in [0.3, 0.4) is 0 Å². The van der Waals surface area contributed by atoms with E-state index >= 15 is 0 Å². The van der Waals surface area contributed by atoms with Gasteiger partial charge in [0.2, 0.25) is 0 Å². The van der Waals surface area contributed by atoms with Crippen molar-refractivity contribution in [2.24, 2.45) is 0 Å². The summed E-state index contributed by atoms with van der Waals surface area (Å²) in [7, 11) is 3.88. The van der Waals surface area contributed by atoms with E-state index in [0.717, 1.165) is 5.69 Å². The maximum Gasteiger partial charge on any atom is 0.444 e. The predicted molar refractivity (Wildman–Crippen MR) is 129 cm³/mol. The second kappa shape index (κ2) is 11.1. The molecular weight excluding hydrogens is 486 g/mol. The van der Waals surface area contributed by atoms with E-state index in [1.807, 2.05) is 43.5 Å². The molecule has 2 aromatic heterocycles. The van der Waals surface area contributed by atoms with Gasteiger partial charge in [0.15, 0.2) is 0 Å². The standard InChI is InChI=1S/C24H21N7O4.ClH/c1-30(2)19-11-13-31(14-12-19)24-28-22(25-17-7-3-15(4-8-17)20(32)33)27-23(29-24)26-18-9-5-16(6-10-18)21(34)35;/h3-14H,1-2H3,(H3-,25,26,27,28,29,32,33,34,35);1H. The van der Waals surface area contributed by atoms with Crippen molar-refractivity contribution in [3.63, 3.8) is 0 Å². The molecule has 0 saturated heterocycles. The predicted octanol–water partition coefficient (Wildman–Crippen LogP) is 0.102. The van der Waals surface area contributed by atoms with Crippen molar-refractivity contribution >= 4 is 40.9 Å². The highest BCUT2D eigenvalue weighted by Crippen LogP contribution is 2.19. The third-order valence-electron chi connectivity index (χ3n) is 4.96. The molecule has 0 aliphatic heterocycles. The third kappa shape index (κ3) is 6.21. The van der Waals surface area contributed by atoms with E-state index in [1.54, 1.807) is 28.8 Å². The molecule has 4 aromatic rings. The molecule has 184 valence electrons. The monoisotopic (exact) mass is 507 g/mol. The SMILES string of the molecule is CN(C)c1cc[n+](-c2nc(Nc3ccc(C(=O)O)cc3)nc(Nc3ccc(C(=O)O)cc3)n2)cc1.[Cl-]. The van der Waals surface area contributed by atoms with Crippen LogP contribution in [0.4, 0.5) is 29.0 Å². The highest BCUT2D eigenvalue weighted by Gasteiger charge is 2.19. The largest absolute Gasteiger partial charge is 1.00 e. The molecule has 0 bridgehead atoms. The number of carbonyl (C=O) groups is 2. The summed E-state index contributed by atoms with van der Waals surface area (Å²) in [5.74, 6) is -1.24. The van der Waals surface area contributed by atoms with Crippen LogP contribution >= 0.6 is 0 Å². The van der Waals surface area contributed by atoms with Gasteiger partial charge in [-0.25, -0.2) is 14.2 Å². The Balaban J connectivity index is 0.00000361. The molecule has 0 radical (unpaired) electrons. The molecule has 0 aliphatic rings. The van der Waals surface area contributed by atoms with Crippen LogP contribution in [0.2, 0.25) is 0 Å². The molecule has 11 nitrogen and oxygen atoms in total. The summed E-state index contributed by atoms with van der Waals surface area (Å²) in [6.45, 7) is 0. The van der Waals surface area contributed by atoms with Crippen molar-refractivity contribution in [1.29, 1.82) is 0 Å². The quantitative estimate of drug-likeness (QED) is 0.242. The van der Waals surface area contributed by atoms with Gasteiger partial charge < -0.3 is 38.2 Å². The number of carboxylic acid groups (broad SMARTS) is 2. The molecule has 0 atom stereocenters. The van der Waals surface area contributed by atoms with Gasteiger partial charge in [0.05, 0.1) is 23.5 Å². The van der Waals surface area contributed by atoms with Gasteiger partial charge in [-0.1, -0.05) is 0 Å². The molecule has 0 saturated carbocycles. The average molecular weight is 508 g/mol. The van der Waals surface area contributed by atoms with Crippen LogP contribution in [0.25, 0.3) is 5.95 Å². The van der Waals surface area contributed by atoms with Crippen LogP contribution in [-0.2, 0) is 0 Å². The molecule has 4 rings (SSSR count). The van der Waals surface area contributed by atoms with E-state index in [2.05, 4.69) is 25.6 Å². The normalized spacial score (nSPS) is 10.2. The molecule has 0 unspecified atom stereocenters. The fourth-order valence-electron chi connectivity index (χ4n) is 3.09. The van der Waals surface area contributed by atoms with E-state index in [0.29, 0.717) is 17.3 Å². The number of nitrogens with one attached hydrogen (secondary N) is 2. The lowest BCUT2D eigenvalue weighted by atomic mass is 10.2. The molecule has 0 aliphatic carbocycles. The first-order valence-corrected chi connectivity index (χ1v) is 10.4. The van der Waals surface area contributed by atoms with Crippen molar-refractivity contribution < 1.29 is 36.8 Å². The molecule has 0 fully saturated rings. The van der Waals surface area contributed by atoms with Gasteiger partial charge in [-0.2, -0.15) is 0 Å². The fourth-order valence-corrected chi connectivity index (χ4v) is 3.09. The summed E-state index contributed by atoms with van der Waals surface area (Å²) in [5.41, 5.74) is 2.52. The second-order valence-corrected chi connectivity index (χ2v) is 7.66. The van der Waals surface area contributed by atoms with Gasteiger partial charge in [0.25, 0.3) is 0 Å². The molecule has 0 spiro atoms. The van der Waals surface area contributed by atoms with E-state index < -0.39 is 11.9 Å². The Morgan fingerprint density at radius 2 is 1.14 bits per heavy atom. The van der Waals surface area contributed by atoms with E-state index in [9.17, 15) is 9.59 Å². The van der Waals surface area contributed by atoms with Crippen molar-refractivity contribution in [2.45, 2.75) is 0 Å². The number of rotatable bonds is 8. The van der Waals surface area contributed by atoms with Gasteiger partial charge in [0, 0.05) is 31.2 Å². The van der Waals surface area contributed by atoms with Crippen LogP contribution in [0, 0.1) is 0 Å². The van der Waals surface area contributed by atoms with E-state index in [1.165, 1.54) is 24.3 Å². The summed E-state index contributed by atoms with van der Waals surface area (Å²) < 4.78 is 1.73. The van der Waals surface area contributed by atoms with E-state index in [-0.39, 0.29) is 35.4 Å². The van der Waals surface area contributed by atoms with Crippen LogP contribution < -0.4 is 32.5 Å². The molecule has 4 N–H and O–H groups in total. The number of nitrogens with zero attached hydrogens (tertiary/aromatic N) is 5. The lowest BCUT2D eigenvalue weighted by Crippen LogP contribution is -3.00. The van der Waals surface area contributed by atoms with Gasteiger partial charge in [-0.3, -0.25) is 0 Å². The zero-order chi connectivity index (χ0) is 24.9. The maximum atomic E-state index is 11.1. The van der Waals surface area contributed by atoms with Gasteiger partial charge in [0.1, 0.15) is 0 Å². The summed E-state index contributed by atoms with van der Waals surface area (Å²) in [5, 5.41) is 24.3. The molecule has 0 amide bonds. The maximum absolute atomic E-state index is 11.1. The summed E-state index contributed by atoms with van der Waals surface area (Å²) in [6, 6.07) is 16.2. The highest BCUT2D eigenvalue weighted by molar-refractivity contribution is 5.88. The van der Waals surface area contributed by atoms with Crippen LogP contribution in [0.15, 0.2) is 73.1 Å². The zero-order valence-electron chi connectivity index (χ0n) is 19.3. The first-order valence-electron chi connectivity index (χ1n) is 10.4. The van der Waals surface area contributed by atoms with Crippen molar-refractivity contribution in [2.75, 3.05) is 29.6 Å². The van der Waals surface area contributed by atoms with Gasteiger partial charge in [-0.05, 0) is 70.6 Å². The molecule has 2 aromatic carbocycles. The van der Waals surface area contributed by atoms with Crippen molar-refractivity contribution in [3.05, 3.63) is 84.2 Å². The number of anilines is 5. The van der Waals surface area contributed by atoms with Crippen molar-refractivity contribution in [3.8, 4) is 5.95 Å². The topological polar surface area (TPSA) is 144 Å². The Labute approximate surface area is 212 Å². The third-order valence-corrected chi connectivity index (χ3v) is 4.96. The number of halogens is 1. The number of aromatic nitrogens is 4. The van der Waals surface area contributed by atoms with Crippen LogP contribution in [0.1, 0.15) is 20.7 Å². The smallest absolute Gasteiger partial charge is 0.444 e. The summed E-state index contributed by atoms with van der Waals surface area (Å²) in [4.78, 5) is 37.6. The minimum Gasteiger partial charge on any atom is -1.00 e. The average Bonchev–Trinajstić information content (AvgIpc) is 2.84. The Morgan fingerprint density at radius 3 is 1.50 bits per heavy atom. The number of hydrogen-bond donors (Lipinski definition) is 4. The fraction of sp³-hybridized carbons (Fsp3) is 0.0833. The Kier molecular flexibility index (Phi) is 7.97.